The molecular weight excluding hydrogens is 381 g/mol. The minimum Gasteiger partial charge on any atom is -0.351 e. The zero-order chi connectivity index (χ0) is 19.9. The van der Waals surface area contributed by atoms with Crippen molar-refractivity contribution in [3.05, 3.63) is 70.5 Å². The molecule has 0 aliphatic carbocycles. The van der Waals surface area contributed by atoms with Gasteiger partial charge in [-0.3, -0.25) is 9.59 Å². The highest BCUT2D eigenvalue weighted by Crippen LogP contribution is 2.09. The second kappa shape index (κ2) is 9.66. The molecule has 0 saturated carbocycles. The molecule has 148 valence electrons. The topological polar surface area (TPSA) is 62.6 Å². The third-order valence-corrected chi connectivity index (χ3v) is 5.21. The lowest BCUT2D eigenvalue weighted by Crippen LogP contribution is -3.12. The lowest BCUT2D eigenvalue weighted by atomic mass is 10.0. The number of carbonyl (C=O) groups is 2. The summed E-state index contributed by atoms with van der Waals surface area (Å²) in [6.07, 6.45) is 1.77. The normalized spacial score (nSPS) is 19.1. The lowest BCUT2D eigenvalue weighted by Gasteiger charge is -2.29. The Balaban J connectivity index is 1.38. The van der Waals surface area contributed by atoms with Crippen LogP contribution in [0.25, 0.3) is 0 Å². The van der Waals surface area contributed by atoms with Crippen molar-refractivity contribution in [1.82, 2.24) is 10.6 Å². The first-order chi connectivity index (χ1) is 13.5. The largest absolute Gasteiger partial charge is 0.351 e. The van der Waals surface area contributed by atoms with Gasteiger partial charge in [0.1, 0.15) is 12.4 Å². The molecular formula is C21H24ClFN3O2+. The van der Waals surface area contributed by atoms with Gasteiger partial charge in [0.25, 0.3) is 5.91 Å². The molecule has 2 aromatic rings. The van der Waals surface area contributed by atoms with Gasteiger partial charge in [-0.05, 0) is 24.3 Å². The lowest BCUT2D eigenvalue weighted by molar-refractivity contribution is -0.918. The zero-order valence-corrected chi connectivity index (χ0v) is 16.3. The summed E-state index contributed by atoms with van der Waals surface area (Å²) in [6.45, 7) is 2.71. The molecule has 7 heteroatoms. The smallest absolute Gasteiger partial charge is 0.254 e. The third kappa shape index (κ3) is 5.78. The van der Waals surface area contributed by atoms with Crippen LogP contribution in [0.5, 0.6) is 0 Å². The average molecular weight is 405 g/mol. The fraction of sp³-hybridized carbons (Fsp3) is 0.333. The first kappa shape index (κ1) is 20.3. The Morgan fingerprint density at radius 2 is 1.75 bits per heavy atom. The molecule has 5 nitrogen and oxygen atoms in total. The molecule has 1 saturated heterocycles. The maximum atomic E-state index is 13.6. The number of halogens is 2. The summed E-state index contributed by atoms with van der Waals surface area (Å²) in [6, 6.07) is 13.7. The zero-order valence-electron chi connectivity index (χ0n) is 15.5. The highest BCUT2D eigenvalue weighted by Gasteiger charge is 2.23. The number of nitrogens with one attached hydrogen (secondary N) is 3. The van der Waals surface area contributed by atoms with E-state index in [0.29, 0.717) is 0 Å². The quantitative estimate of drug-likeness (QED) is 0.684. The summed E-state index contributed by atoms with van der Waals surface area (Å²) in [5.41, 5.74) is 1.19. The van der Waals surface area contributed by atoms with Crippen molar-refractivity contribution in [3.8, 4) is 0 Å². The number of piperidine rings is 1. The van der Waals surface area contributed by atoms with Crippen molar-refractivity contribution in [2.24, 2.45) is 0 Å². The molecule has 1 aliphatic heterocycles. The Hall–Kier alpha value is -2.44. The molecule has 28 heavy (non-hydrogen) atoms. The molecule has 1 heterocycles. The Labute approximate surface area is 168 Å². The van der Waals surface area contributed by atoms with E-state index in [4.69, 9.17) is 11.6 Å². The van der Waals surface area contributed by atoms with E-state index in [9.17, 15) is 14.0 Å². The molecule has 2 aromatic carbocycles. The number of quaternary nitrogens is 1. The van der Waals surface area contributed by atoms with Crippen molar-refractivity contribution in [2.45, 2.75) is 25.4 Å². The van der Waals surface area contributed by atoms with Gasteiger partial charge < -0.3 is 15.5 Å². The van der Waals surface area contributed by atoms with Crippen LogP contribution < -0.4 is 15.5 Å². The molecule has 0 unspecified atom stereocenters. The van der Waals surface area contributed by atoms with Crippen LogP contribution in [0.3, 0.4) is 0 Å². The molecule has 1 fully saturated rings. The Bertz CT molecular complexity index is 821. The van der Waals surface area contributed by atoms with Gasteiger partial charge >= 0.3 is 0 Å². The Kier molecular flexibility index (Phi) is 7.01. The summed E-state index contributed by atoms with van der Waals surface area (Å²) in [4.78, 5) is 25.5. The van der Waals surface area contributed by atoms with Crippen LogP contribution in [0.2, 0.25) is 5.02 Å². The number of hydrogen-bond donors (Lipinski definition) is 3. The average Bonchev–Trinajstić information content (AvgIpc) is 2.70. The van der Waals surface area contributed by atoms with E-state index in [1.54, 1.807) is 6.07 Å². The van der Waals surface area contributed by atoms with Crippen LogP contribution >= 0.6 is 11.6 Å². The highest BCUT2D eigenvalue weighted by atomic mass is 35.5. The summed E-state index contributed by atoms with van der Waals surface area (Å²) in [5, 5.41) is 6.16. The van der Waals surface area contributed by atoms with E-state index in [1.807, 2.05) is 24.3 Å². The molecule has 0 spiro atoms. The second-order valence-corrected chi connectivity index (χ2v) is 7.49. The van der Waals surface area contributed by atoms with Crippen LogP contribution in [0.15, 0.2) is 48.5 Å². The summed E-state index contributed by atoms with van der Waals surface area (Å²) >= 11 is 5.92. The van der Waals surface area contributed by atoms with Crippen molar-refractivity contribution >= 4 is 23.4 Å². The van der Waals surface area contributed by atoms with Gasteiger partial charge in [0.2, 0.25) is 5.91 Å². The molecule has 0 atom stereocenters. The SMILES string of the molecule is O=C(CNC(=O)c1ccccc1F)NC1CC[NH+](Cc2ccc(Cl)cc2)CC1. The first-order valence-corrected chi connectivity index (χ1v) is 9.79. The molecule has 3 N–H and O–H groups in total. The standard InChI is InChI=1S/C21H23ClFN3O2/c22-16-7-5-15(6-8-16)14-26-11-9-17(10-12-26)25-20(27)13-24-21(28)18-3-1-2-4-19(18)23/h1-8,17H,9-14H2,(H,24,28)(H,25,27)/p+1. The van der Waals surface area contributed by atoms with Gasteiger partial charge in [-0.1, -0.05) is 35.9 Å². The van der Waals surface area contributed by atoms with E-state index >= 15 is 0 Å². The van der Waals surface area contributed by atoms with Crippen molar-refractivity contribution < 1.29 is 18.9 Å². The van der Waals surface area contributed by atoms with Crippen LogP contribution in [-0.2, 0) is 11.3 Å². The third-order valence-electron chi connectivity index (χ3n) is 4.95. The molecule has 0 radical (unpaired) electrons. The Morgan fingerprint density at radius 1 is 1.07 bits per heavy atom. The van der Waals surface area contributed by atoms with E-state index in [-0.39, 0.29) is 24.1 Å². The van der Waals surface area contributed by atoms with Gasteiger partial charge in [-0.2, -0.15) is 0 Å². The van der Waals surface area contributed by atoms with Gasteiger partial charge in [-0.15, -0.1) is 0 Å². The van der Waals surface area contributed by atoms with E-state index < -0.39 is 11.7 Å². The fourth-order valence-electron chi connectivity index (χ4n) is 3.42. The second-order valence-electron chi connectivity index (χ2n) is 7.06. The van der Waals surface area contributed by atoms with Crippen LogP contribution in [0.4, 0.5) is 4.39 Å². The predicted octanol–water partition coefficient (Wildman–Crippen LogP) is 1.57. The van der Waals surface area contributed by atoms with Crippen LogP contribution in [0, 0.1) is 5.82 Å². The predicted molar refractivity (Wildman–Crippen MR) is 106 cm³/mol. The minimum absolute atomic E-state index is 0.0607. The molecule has 2 amide bonds. The minimum atomic E-state index is -0.601. The van der Waals surface area contributed by atoms with Crippen molar-refractivity contribution in [1.29, 1.82) is 0 Å². The molecule has 3 rings (SSSR count). The van der Waals surface area contributed by atoms with Crippen molar-refractivity contribution in [2.75, 3.05) is 19.6 Å². The summed E-state index contributed by atoms with van der Waals surface area (Å²) < 4.78 is 13.6. The van der Waals surface area contributed by atoms with Gasteiger partial charge in [0, 0.05) is 29.5 Å². The maximum absolute atomic E-state index is 13.6. The van der Waals surface area contributed by atoms with Gasteiger partial charge in [0.15, 0.2) is 0 Å². The molecule has 0 aromatic heterocycles. The summed E-state index contributed by atoms with van der Waals surface area (Å²) in [5.74, 6) is -1.44. The van der Waals surface area contributed by atoms with E-state index in [1.165, 1.54) is 28.7 Å². The van der Waals surface area contributed by atoms with Gasteiger partial charge in [0.05, 0.1) is 25.2 Å². The molecule has 0 bridgehead atoms. The molecule has 1 aliphatic rings. The van der Waals surface area contributed by atoms with Crippen LogP contribution in [0.1, 0.15) is 28.8 Å². The van der Waals surface area contributed by atoms with E-state index in [2.05, 4.69) is 10.6 Å². The number of carbonyl (C=O) groups excluding carboxylic acids is 2. The van der Waals surface area contributed by atoms with Gasteiger partial charge in [-0.25, -0.2) is 4.39 Å². The van der Waals surface area contributed by atoms with Crippen LogP contribution in [-0.4, -0.2) is 37.5 Å². The fourth-order valence-corrected chi connectivity index (χ4v) is 3.54. The Morgan fingerprint density at radius 3 is 2.43 bits per heavy atom. The first-order valence-electron chi connectivity index (χ1n) is 9.41. The number of hydrogen-bond acceptors (Lipinski definition) is 2. The number of amides is 2. The maximum Gasteiger partial charge on any atom is 0.254 e. The number of rotatable bonds is 6. The number of benzene rings is 2. The number of likely N-dealkylation sites (tertiary alicyclic amines) is 1. The summed E-state index contributed by atoms with van der Waals surface area (Å²) in [7, 11) is 0. The monoisotopic (exact) mass is 404 g/mol. The highest BCUT2D eigenvalue weighted by molar-refractivity contribution is 6.30. The van der Waals surface area contributed by atoms with E-state index in [0.717, 1.165) is 37.5 Å². The van der Waals surface area contributed by atoms with Crippen molar-refractivity contribution in [3.63, 3.8) is 0 Å².